The van der Waals surface area contributed by atoms with Crippen LogP contribution in [-0.4, -0.2) is 37.1 Å². The number of likely N-dealkylation sites (N-methyl/N-ethyl adjacent to an activating group) is 1. The Morgan fingerprint density at radius 1 is 1.12 bits per heavy atom. The summed E-state index contributed by atoms with van der Waals surface area (Å²) in [6.07, 6.45) is 3.31. The molecule has 3 aromatic carbocycles. The smallest absolute Gasteiger partial charge is 0.337 e. The number of anilines is 3. The number of nitrogens with one attached hydrogen (secondary N) is 2. The normalized spacial score (nSPS) is 14.2. The third kappa shape index (κ3) is 5.86. The van der Waals surface area contributed by atoms with Crippen LogP contribution < -0.4 is 21.1 Å². The Kier molecular flexibility index (Phi) is 7.83. The molecule has 7 nitrogen and oxygen atoms in total. The highest BCUT2D eigenvalue weighted by Crippen LogP contribution is 2.27. The second-order valence-electron chi connectivity index (χ2n) is 7.38. The molecule has 0 fully saturated rings. The number of carboxylic acid groups (broad SMARTS) is 1. The van der Waals surface area contributed by atoms with Crippen molar-refractivity contribution in [2.45, 2.75) is 18.9 Å². The van der Waals surface area contributed by atoms with Gasteiger partial charge in [0.05, 0.1) is 22.6 Å². The standard InChI is InChI=1S/C14H12N2O3.C11H15NO/c15-11-7-9(8-17)5-6-13(11)16-12-4-2-1-3-10(12)14(18)19;1-12-8-10-7-6-9-4-2-3-5-11(9)13-10/h1-8,16H,15H2,(H,18,19);2-5,10,12H,6-8H2,1H3. The molecule has 0 aromatic heterocycles. The van der Waals surface area contributed by atoms with Crippen LogP contribution in [0.15, 0.2) is 66.7 Å². The minimum atomic E-state index is -1.02. The van der Waals surface area contributed by atoms with E-state index in [2.05, 4.69) is 28.8 Å². The van der Waals surface area contributed by atoms with E-state index in [9.17, 15) is 9.59 Å². The van der Waals surface area contributed by atoms with Crippen molar-refractivity contribution < 1.29 is 19.4 Å². The first-order valence-corrected chi connectivity index (χ1v) is 10.3. The summed E-state index contributed by atoms with van der Waals surface area (Å²) in [5.41, 5.74) is 9.15. The first-order valence-electron chi connectivity index (χ1n) is 10.3. The van der Waals surface area contributed by atoms with Gasteiger partial charge in [0.2, 0.25) is 0 Å². The average Bonchev–Trinajstić information content (AvgIpc) is 2.81. The predicted molar refractivity (Wildman–Crippen MR) is 126 cm³/mol. The number of benzene rings is 3. The number of para-hydroxylation sites is 2. The van der Waals surface area contributed by atoms with Crippen molar-refractivity contribution in [1.29, 1.82) is 0 Å². The molecule has 0 amide bonds. The summed E-state index contributed by atoms with van der Waals surface area (Å²) < 4.78 is 5.81. The molecule has 5 N–H and O–H groups in total. The fourth-order valence-corrected chi connectivity index (χ4v) is 3.44. The van der Waals surface area contributed by atoms with E-state index in [1.54, 1.807) is 30.3 Å². The molecule has 1 heterocycles. The molecule has 0 radical (unpaired) electrons. The van der Waals surface area contributed by atoms with Gasteiger partial charge in [0, 0.05) is 12.1 Å². The number of hydrogen-bond donors (Lipinski definition) is 4. The second-order valence-corrected chi connectivity index (χ2v) is 7.38. The maximum Gasteiger partial charge on any atom is 0.337 e. The minimum Gasteiger partial charge on any atom is -0.489 e. The van der Waals surface area contributed by atoms with Crippen LogP contribution in [0.1, 0.15) is 32.7 Å². The van der Waals surface area contributed by atoms with Crippen LogP contribution in [0.2, 0.25) is 0 Å². The van der Waals surface area contributed by atoms with Gasteiger partial charge >= 0.3 is 5.97 Å². The van der Waals surface area contributed by atoms with Crippen LogP contribution in [-0.2, 0) is 6.42 Å². The molecule has 166 valence electrons. The number of hydrogen-bond acceptors (Lipinski definition) is 6. The van der Waals surface area contributed by atoms with Gasteiger partial charge < -0.3 is 26.2 Å². The molecule has 1 aliphatic rings. The zero-order valence-electron chi connectivity index (χ0n) is 17.9. The number of fused-ring (bicyclic) bond motifs is 1. The number of carboxylic acids is 1. The molecular weight excluding hydrogens is 406 g/mol. The quantitative estimate of drug-likeness (QED) is 0.341. The monoisotopic (exact) mass is 433 g/mol. The van der Waals surface area contributed by atoms with E-state index < -0.39 is 5.97 Å². The highest BCUT2D eigenvalue weighted by molar-refractivity contribution is 5.96. The summed E-state index contributed by atoms with van der Waals surface area (Å²) in [7, 11) is 1.96. The number of nitrogens with two attached hydrogens (primary N) is 1. The molecule has 3 aromatic rings. The fraction of sp³-hybridized carbons (Fsp3) is 0.200. The lowest BCUT2D eigenvalue weighted by Crippen LogP contribution is -2.32. The number of nitrogen functional groups attached to an aromatic ring is 1. The molecule has 1 aliphatic heterocycles. The van der Waals surface area contributed by atoms with Crippen molar-refractivity contribution in [3.05, 3.63) is 83.4 Å². The Bertz CT molecular complexity index is 1080. The lowest BCUT2D eigenvalue weighted by atomic mass is 10.0. The third-order valence-electron chi connectivity index (χ3n) is 5.07. The van der Waals surface area contributed by atoms with E-state index in [1.807, 2.05) is 13.1 Å². The van der Waals surface area contributed by atoms with E-state index in [4.69, 9.17) is 15.6 Å². The highest BCUT2D eigenvalue weighted by atomic mass is 16.5. The van der Waals surface area contributed by atoms with Gasteiger partial charge in [-0.1, -0.05) is 30.3 Å². The highest BCUT2D eigenvalue weighted by Gasteiger charge is 2.17. The van der Waals surface area contributed by atoms with Crippen LogP contribution in [0.4, 0.5) is 17.1 Å². The number of carbonyl (C=O) groups is 2. The number of aldehydes is 1. The Balaban J connectivity index is 0.000000193. The van der Waals surface area contributed by atoms with E-state index in [0.717, 1.165) is 25.1 Å². The van der Waals surface area contributed by atoms with E-state index in [1.165, 1.54) is 17.7 Å². The third-order valence-corrected chi connectivity index (χ3v) is 5.07. The molecule has 1 unspecified atom stereocenters. The minimum absolute atomic E-state index is 0.154. The van der Waals surface area contributed by atoms with Gasteiger partial charge in [-0.05, 0) is 61.9 Å². The van der Waals surface area contributed by atoms with Crippen molar-refractivity contribution >= 4 is 29.3 Å². The number of carbonyl (C=O) groups excluding carboxylic acids is 1. The zero-order chi connectivity index (χ0) is 22.9. The summed E-state index contributed by atoms with van der Waals surface area (Å²) >= 11 is 0. The van der Waals surface area contributed by atoms with Crippen LogP contribution in [0.25, 0.3) is 0 Å². The molecule has 0 aliphatic carbocycles. The van der Waals surface area contributed by atoms with E-state index in [-0.39, 0.29) is 5.56 Å². The van der Waals surface area contributed by atoms with Crippen molar-refractivity contribution in [1.82, 2.24) is 5.32 Å². The predicted octanol–water partition coefficient (Wildman–Crippen LogP) is 4.12. The maximum atomic E-state index is 11.1. The Hall–Kier alpha value is -3.84. The average molecular weight is 434 g/mol. The second kappa shape index (κ2) is 11.0. The lowest BCUT2D eigenvalue weighted by Gasteiger charge is -2.25. The Labute approximate surface area is 187 Å². The van der Waals surface area contributed by atoms with Gasteiger partial charge in [-0.15, -0.1) is 0 Å². The Morgan fingerprint density at radius 3 is 2.59 bits per heavy atom. The summed E-state index contributed by atoms with van der Waals surface area (Å²) in [4.78, 5) is 21.7. The fourth-order valence-electron chi connectivity index (χ4n) is 3.44. The molecule has 32 heavy (non-hydrogen) atoms. The van der Waals surface area contributed by atoms with Gasteiger partial charge in [0.1, 0.15) is 18.1 Å². The van der Waals surface area contributed by atoms with Crippen LogP contribution in [0.3, 0.4) is 0 Å². The lowest BCUT2D eigenvalue weighted by molar-refractivity contribution is 0.0698. The number of ether oxygens (including phenoxy) is 1. The maximum absolute atomic E-state index is 11.1. The summed E-state index contributed by atoms with van der Waals surface area (Å²) in [5, 5.41) is 15.2. The van der Waals surface area contributed by atoms with Crippen molar-refractivity contribution in [3.8, 4) is 5.75 Å². The molecule has 0 bridgehead atoms. The molecule has 0 spiro atoms. The van der Waals surface area contributed by atoms with Gasteiger partial charge in [-0.3, -0.25) is 4.79 Å². The van der Waals surface area contributed by atoms with E-state index >= 15 is 0 Å². The first kappa shape index (κ1) is 22.8. The molecule has 0 saturated heterocycles. The van der Waals surface area contributed by atoms with Crippen LogP contribution >= 0.6 is 0 Å². The van der Waals surface area contributed by atoms with Crippen LogP contribution in [0.5, 0.6) is 5.75 Å². The van der Waals surface area contributed by atoms with Gasteiger partial charge in [-0.25, -0.2) is 4.79 Å². The first-order chi connectivity index (χ1) is 15.5. The van der Waals surface area contributed by atoms with Gasteiger partial charge in [-0.2, -0.15) is 0 Å². The van der Waals surface area contributed by atoms with E-state index in [0.29, 0.717) is 35.0 Å². The molecule has 0 saturated carbocycles. The summed E-state index contributed by atoms with van der Waals surface area (Å²) in [5.74, 6) is 0.0418. The molecule has 1 atom stereocenters. The van der Waals surface area contributed by atoms with Crippen molar-refractivity contribution in [2.75, 3.05) is 24.6 Å². The van der Waals surface area contributed by atoms with Gasteiger partial charge in [0.15, 0.2) is 0 Å². The molecule has 7 heteroatoms. The van der Waals surface area contributed by atoms with Gasteiger partial charge in [0.25, 0.3) is 0 Å². The topological polar surface area (TPSA) is 114 Å². The summed E-state index contributed by atoms with van der Waals surface area (Å²) in [6, 6.07) is 19.6. The largest absolute Gasteiger partial charge is 0.489 e. The molecular formula is C25H27N3O4. The SMILES string of the molecule is CNCC1CCc2ccccc2O1.Nc1cc(C=O)ccc1Nc1ccccc1C(=O)O. The zero-order valence-corrected chi connectivity index (χ0v) is 17.9. The van der Waals surface area contributed by atoms with Crippen molar-refractivity contribution in [3.63, 3.8) is 0 Å². The summed E-state index contributed by atoms with van der Waals surface area (Å²) in [6.45, 7) is 0.939. The molecule has 4 rings (SSSR count). The number of aryl methyl sites for hydroxylation is 1. The number of aromatic carboxylic acids is 1. The van der Waals surface area contributed by atoms with Crippen LogP contribution in [0, 0.1) is 0 Å². The Morgan fingerprint density at radius 2 is 1.88 bits per heavy atom. The number of rotatable bonds is 6. The van der Waals surface area contributed by atoms with Crippen molar-refractivity contribution in [2.24, 2.45) is 0 Å².